The summed E-state index contributed by atoms with van der Waals surface area (Å²) in [5.41, 5.74) is 7.78. The van der Waals surface area contributed by atoms with Crippen molar-refractivity contribution in [1.29, 1.82) is 0 Å². The maximum absolute atomic E-state index is 12.7. The first-order chi connectivity index (χ1) is 12.1. The lowest BCUT2D eigenvalue weighted by Crippen LogP contribution is -2.41. The third-order valence-electron chi connectivity index (χ3n) is 4.07. The highest BCUT2D eigenvalue weighted by molar-refractivity contribution is 7.09. The van der Waals surface area contributed by atoms with E-state index >= 15 is 0 Å². The van der Waals surface area contributed by atoms with Gasteiger partial charge in [0.1, 0.15) is 10.7 Å². The van der Waals surface area contributed by atoms with Crippen LogP contribution in [0.1, 0.15) is 31.4 Å². The van der Waals surface area contributed by atoms with Crippen LogP contribution in [0.4, 0.5) is 5.69 Å². The van der Waals surface area contributed by atoms with Crippen LogP contribution in [0.2, 0.25) is 0 Å². The van der Waals surface area contributed by atoms with Gasteiger partial charge in [-0.05, 0) is 24.6 Å². The number of nitrogens with two attached hydrogens (primary N) is 1. The van der Waals surface area contributed by atoms with E-state index in [1.165, 1.54) is 11.3 Å². The third-order valence-corrected chi connectivity index (χ3v) is 4.94. The number of morpholine rings is 1. The molecule has 0 radical (unpaired) electrons. The Balaban J connectivity index is 0.00000243. The minimum atomic E-state index is -0.310. The number of thiazole rings is 1. The molecule has 1 aliphatic heterocycles. The summed E-state index contributed by atoms with van der Waals surface area (Å²) in [6.07, 6.45) is 0. The summed E-state index contributed by atoms with van der Waals surface area (Å²) in [5.74, 6) is -0.356. The van der Waals surface area contributed by atoms with Gasteiger partial charge in [0.05, 0.1) is 13.2 Å². The van der Waals surface area contributed by atoms with Crippen LogP contribution < -0.4 is 11.1 Å². The molecule has 0 spiro atoms. The van der Waals surface area contributed by atoms with E-state index in [-0.39, 0.29) is 24.2 Å². The molecule has 0 unspecified atom stereocenters. The van der Waals surface area contributed by atoms with Crippen LogP contribution in [-0.2, 0) is 11.3 Å². The molecule has 1 aromatic carbocycles. The van der Waals surface area contributed by atoms with Gasteiger partial charge in [0.2, 0.25) is 0 Å². The summed E-state index contributed by atoms with van der Waals surface area (Å²) in [4.78, 5) is 31.0. The van der Waals surface area contributed by atoms with Crippen molar-refractivity contribution in [3.8, 4) is 0 Å². The van der Waals surface area contributed by atoms with Crippen LogP contribution in [-0.4, -0.2) is 48.0 Å². The zero-order valence-corrected chi connectivity index (χ0v) is 16.0. The highest BCUT2D eigenvalue weighted by Gasteiger charge is 2.21. The molecule has 1 fully saturated rings. The Morgan fingerprint density at radius 2 is 2.08 bits per heavy atom. The predicted molar refractivity (Wildman–Crippen MR) is 103 cm³/mol. The quantitative estimate of drug-likeness (QED) is 0.824. The number of rotatable bonds is 4. The predicted octanol–water partition coefficient (Wildman–Crippen LogP) is 2.06. The fraction of sp³-hybridized carbons (Fsp3) is 0.353. The van der Waals surface area contributed by atoms with E-state index in [0.717, 1.165) is 5.56 Å². The molecule has 1 saturated heterocycles. The van der Waals surface area contributed by atoms with Crippen molar-refractivity contribution >= 4 is 41.2 Å². The molecule has 9 heteroatoms. The highest BCUT2D eigenvalue weighted by atomic mass is 35.5. The monoisotopic (exact) mass is 396 g/mol. The minimum absolute atomic E-state index is 0. The zero-order chi connectivity index (χ0) is 17.8. The summed E-state index contributed by atoms with van der Waals surface area (Å²) in [5, 5.41) is 5.21. The van der Waals surface area contributed by atoms with Crippen LogP contribution in [0.3, 0.4) is 0 Å². The van der Waals surface area contributed by atoms with Gasteiger partial charge < -0.3 is 20.7 Å². The van der Waals surface area contributed by atoms with Gasteiger partial charge in [0.25, 0.3) is 11.8 Å². The molecule has 1 aromatic heterocycles. The van der Waals surface area contributed by atoms with Gasteiger partial charge in [0.15, 0.2) is 0 Å². The molecule has 3 N–H and O–H groups in total. The molecule has 0 saturated carbocycles. The van der Waals surface area contributed by atoms with E-state index in [4.69, 9.17) is 10.5 Å². The fourth-order valence-corrected chi connectivity index (χ4v) is 3.29. The zero-order valence-electron chi connectivity index (χ0n) is 14.4. The van der Waals surface area contributed by atoms with E-state index in [1.54, 1.807) is 28.5 Å². The van der Waals surface area contributed by atoms with Crippen molar-refractivity contribution in [1.82, 2.24) is 9.88 Å². The van der Waals surface area contributed by atoms with Gasteiger partial charge in [0, 0.05) is 36.3 Å². The van der Waals surface area contributed by atoms with Crippen molar-refractivity contribution in [3.63, 3.8) is 0 Å². The number of amides is 2. The van der Waals surface area contributed by atoms with Crippen LogP contribution in [0, 0.1) is 6.92 Å². The lowest BCUT2D eigenvalue weighted by molar-refractivity contribution is 0.0302. The van der Waals surface area contributed by atoms with Gasteiger partial charge in [-0.2, -0.15) is 0 Å². The van der Waals surface area contributed by atoms with Gasteiger partial charge in [-0.15, -0.1) is 23.7 Å². The van der Waals surface area contributed by atoms with Gasteiger partial charge in [-0.3, -0.25) is 9.59 Å². The molecule has 0 atom stereocenters. The molecule has 0 bridgehead atoms. The topological polar surface area (TPSA) is 97.6 Å². The number of hydrogen-bond donors (Lipinski definition) is 2. The largest absolute Gasteiger partial charge is 0.378 e. The van der Waals surface area contributed by atoms with Crippen molar-refractivity contribution in [2.75, 3.05) is 31.6 Å². The number of ether oxygens (including phenoxy) is 1. The molecule has 140 valence electrons. The summed E-state index contributed by atoms with van der Waals surface area (Å²) in [6.45, 7) is 4.39. The van der Waals surface area contributed by atoms with E-state index < -0.39 is 0 Å². The Labute approximate surface area is 162 Å². The smallest absolute Gasteiger partial charge is 0.275 e. The maximum Gasteiger partial charge on any atom is 0.275 e. The first-order valence-corrected chi connectivity index (χ1v) is 8.90. The number of benzene rings is 1. The molecule has 2 amide bonds. The average molecular weight is 397 g/mol. The number of anilines is 1. The van der Waals surface area contributed by atoms with Gasteiger partial charge in [-0.1, -0.05) is 6.07 Å². The van der Waals surface area contributed by atoms with E-state index in [9.17, 15) is 9.59 Å². The van der Waals surface area contributed by atoms with Crippen molar-refractivity contribution < 1.29 is 14.3 Å². The first kappa shape index (κ1) is 20.3. The molecular formula is C17H21ClN4O3S. The number of halogens is 1. The average Bonchev–Trinajstić information content (AvgIpc) is 3.13. The number of hydrogen-bond acceptors (Lipinski definition) is 6. The Kier molecular flexibility index (Phi) is 7.10. The number of carbonyl (C=O) groups excluding carboxylic acids is 2. The third kappa shape index (κ3) is 4.39. The Bertz CT molecular complexity index is 790. The van der Waals surface area contributed by atoms with E-state index in [0.29, 0.717) is 54.8 Å². The Hall–Kier alpha value is -2.00. The normalized spacial score (nSPS) is 13.8. The number of carbonyl (C=O) groups is 2. The molecule has 2 heterocycles. The van der Waals surface area contributed by atoms with Crippen LogP contribution >= 0.6 is 23.7 Å². The lowest BCUT2D eigenvalue weighted by Gasteiger charge is -2.27. The summed E-state index contributed by atoms with van der Waals surface area (Å²) >= 11 is 1.35. The molecular weight excluding hydrogens is 376 g/mol. The fourth-order valence-electron chi connectivity index (χ4n) is 2.63. The SMILES string of the molecule is Cc1c(NC(=O)c2csc(CN)n2)cccc1C(=O)N1CCOCC1.Cl. The van der Waals surface area contributed by atoms with Crippen LogP contribution in [0.15, 0.2) is 23.6 Å². The summed E-state index contributed by atoms with van der Waals surface area (Å²) in [6, 6.07) is 5.32. The number of nitrogens with zero attached hydrogens (tertiary/aromatic N) is 2. The summed E-state index contributed by atoms with van der Waals surface area (Å²) < 4.78 is 5.29. The highest BCUT2D eigenvalue weighted by Crippen LogP contribution is 2.22. The lowest BCUT2D eigenvalue weighted by atomic mass is 10.0. The van der Waals surface area contributed by atoms with E-state index in [1.807, 2.05) is 6.92 Å². The second-order valence-corrected chi connectivity index (χ2v) is 6.61. The maximum atomic E-state index is 12.7. The van der Waals surface area contributed by atoms with Crippen molar-refractivity contribution in [2.45, 2.75) is 13.5 Å². The second kappa shape index (κ2) is 9.09. The van der Waals surface area contributed by atoms with E-state index in [2.05, 4.69) is 10.3 Å². The Morgan fingerprint density at radius 3 is 2.73 bits per heavy atom. The summed E-state index contributed by atoms with van der Waals surface area (Å²) in [7, 11) is 0. The van der Waals surface area contributed by atoms with Crippen molar-refractivity contribution in [3.05, 3.63) is 45.4 Å². The first-order valence-electron chi connectivity index (χ1n) is 8.02. The van der Waals surface area contributed by atoms with Crippen LogP contribution in [0.5, 0.6) is 0 Å². The molecule has 1 aliphatic rings. The Morgan fingerprint density at radius 1 is 1.35 bits per heavy atom. The molecule has 7 nitrogen and oxygen atoms in total. The number of nitrogens with one attached hydrogen (secondary N) is 1. The number of aromatic nitrogens is 1. The van der Waals surface area contributed by atoms with Crippen molar-refractivity contribution in [2.24, 2.45) is 5.73 Å². The van der Waals surface area contributed by atoms with Crippen LogP contribution in [0.25, 0.3) is 0 Å². The van der Waals surface area contributed by atoms with Gasteiger partial charge in [-0.25, -0.2) is 4.98 Å². The standard InChI is InChI=1S/C17H20N4O3S.ClH/c1-11-12(17(23)21-5-7-24-8-6-21)3-2-4-13(11)20-16(22)14-10-25-15(9-18)19-14;/h2-4,10H,5-9,18H2,1H3,(H,20,22);1H. The molecule has 2 aromatic rings. The molecule has 0 aliphatic carbocycles. The molecule has 26 heavy (non-hydrogen) atoms. The minimum Gasteiger partial charge on any atom is -0.378 e. The second-order valence-electron chi connectivity index (χ2n) is 5.67. The molecule has 3 rings (SSSR count). The van der Waals surface area contributed by atoms with Gasteiger partial charge >= 0.3 is 0 Å².